The second-order valence-electron chi connectivity index (χ2n) is 2.63. The molecule has 0 bridgehead atoms. The first-order valence-corrected chi connectivity index (χ1v) is 4.61. The van der Waals surface area contributed by atoms with Crippen LogP contribution >= 0.6 is 12.6 Å². The Bertz CT molecular complexity index is 308. The maximum absolute atomic E-state index is 9.26. The second-order valence-corrected chi connectivity index (χ2v) is 3.00. The van der Waals surface area contributed by atoms with Crippen molar-refractivity contribution in [3.63, 3.8) is 0 Å². The summed E-state index contributed by atoms with van der Waals surface area (Å²) in [5.74, 6) is 0.806. The number of benzene rings is 1. The van der Waals surface area contributed by atoms with Gasteiger partial charge in [-0.15, -0.1) is 0 Å². The van der Waals surface area contributed by atoms with Crippen LogP contribution in [0.4, 0.5) is 0 Å². The van der Waals surface area contributed by atoms with Gasteiger partial charge in [-0.3, -0.25) is 0 Å². The molecule has 0 amide bonds. The van der Waals surface area contributed by atoms with Gasteiger partial charge in [-0.25, -0.2) is 0 Å². The van der Waals surface area contributed by atoms with E-state index in [1.807, 2.05) is 12.2 Å². The molecule has 1 aromatic rings. The molecule has 0 spiro atoms. The van der Waals surface area contributed by atoms with Gasteiger partial charge in [0.15, 0.2) is 0 Å². The number of phenols is 1. The molecule has 70 valence electrons. The molecule has 3 heteroatoms. The third kappa shape index (κ3) is 2.79. The minimum atomic E-state index is -0.144. The van der Waals surface area contributed by atoms with Crippen LogP contribution in [0.2, 0.25) is 0 Å². The van der Waals surface area contributed by atoms with Crippen LogP contribution in [0.25, 0.3) is 6.08 Å². The van der Waals surface area contributed by atoms with E-state index < -0.39 is 0 Å². The lowest BCUT2D eigenvalue weighted by atomic mass is 10.1. The molecule has 0 unspecified atom stereocenters. The second kappa shape index (κ2) is 4.94. The van der Waals surface area contributed by atoms with Gasteiger partial charge in [0.25, 0.3) is 0 Å². The monoisotopic (exact) mass is 196 g/mol. The van der Waals surface area contributed by atoms with E-state index in [9.17, 15) is 5.11 Å². The van der Waals surface area contributed by atoms with Gasteiger partial charge in [-0.05, 0) is 17.7 Å². The molecule has 2 N–H and O–H groups in total. The molecule has 13 heavy (non-hydrogen) atoms. The quantitative estimate of drug-likeness (QED) is 0.645. The standard InChI is InChI=1S/C10H12O2S/c11-7-9-6-8(2-1-5-13)3-4-10(9)12/h1-4,6,11-13H,5,7H2. The summed E-state index contributed by atoms with van der Waals surface area (Å²) in [6, 6.07) is 5.10. The highest BCUT2D eigenvalue weighted by Crippen LogP contribution is 2.18. The summed E-state index contributed by atoms with van der Waals surface area (Å²) in [7, 11) is 0. The van der Waals surface area contributed by atoms with E-state index >= 15 is 0 Å². The van der Waals surface area contributed by atoms with E-state index in [0.717, 1.165) is 5.56 Å². The van der Waals surface area contributed by atoms with Crippen molar-refractivity contribution in [3.05, 3.63) is 35.4 Å². The summed E-state index contributed by atoms with van der Waals surface area (Å²) in [4.78, 5) is 0. The first-order valence-electron chi connectivity index (χ1n) is 3.98. The molecule has 0 saturated heterocycles. The molecule has 0 fully saturated rings. The van der Waals surface area contributed by atoms with Crippen molar-refractivity contribution in [3.8, 4) is 5.75 Å². The van der Waals surface area contributed by atoms with Crippen LogP contribution in [-0.2, 0) is 6.61 Å². The Hall–Kier alpha value is -0.930. The average molecular weight is 196 g/mol. The molecule has 0 aliphatic heterocycles. The van der Waals surface area contributed by atoms with Gasteiger partial charge in [-0.1, -0.05) is 18.2 Å². The maximum Gasteiger partial charge on any atom is 0.121 e. The van der Waals surface area contributed by atoms with Crippen LogP contribution in [0, 0.1) is 0 Å². The number of hydrogen-bond donors (Lipinski definition) is 3. The first kappa shape index (κ1) is 10.2. The van der Waals surface area contributed by atoms with Gasteiger partial charge in [0.05, 0.1) is 6.61 Å². The van der Waals surface area contributed by atoms with Gasteiger partial charge in [0.2, 0.25) is 0 Å². The fourth-order valence-electron chi connectivity index (χ4n) is 1.02. The number of hydrogen-bond acceptors (Lipinski definition) is 3. The first-order chi connectivity index (χ1) is 6.27. The van der Waals surface area contributed by atoms with Gasteiger partial charge >= 0.3 is 0 Å². The smallest absolute Gasteiger partial charge is 0.121 e. The van der Waals surface area contributed by atoms with E-state index in [4.69, 9.17) is 5.11 Å². The molecule has 0 heterocycles. The van der Waals surface area contributed by atoms with Gasteiger partial charge < -0.3 is 10.2 Å². The molecular formula is C10H12O2S. The molecule has 1 rings (SSSR count). The van der Waals surface area contributed by atoms with Crippen molar-refractivity contribution in [2.75, 3.05) is 5.75 Å². The summed E-state index contributed by atoms with van der Waals surface area (Å²) in [6.07, 6.45) is 3.79. The zero-order valence-electron chi connectivity index (χ0n) is 7.14. The van der Waals surface area contributed by atoms with Crippen LogP contribution in [0.5, 0.6) is 5.75 Å². The molecule has 1 aromatic carbocycles. The number of aromatic hydroxyl groups is 1. The van der Waals surface area contributed by atoms with Crippen molar-refractivity contribution in [2.24, 2.45) is 0 Å². The molecular weight excluding hydrogens is 184 g/mol. The van der Waals surface area contributed by atoms with Crippen molar-refractivity contribution < 1.29 is 10.2 Å². The lowest BCUT2D eigenvalue weighted by Crippen LogP contribution is -1.85. The zero-order chi connectivity index (χ0) is 9.68. The highest BCUT2D eigenvalue weighted by Gasteiger charge is 1.98. The van der Waals surface area contributed by atoms with E-state index in [1.165, 1.54) is 0 Å². The van der Waals surface area contributed by atoms with Crippen molar-refractivity contribution >= 4 is 18.7 Å². The van der Waals surface area contributed by atoms with Crippen LogP contribution in [-0.4, -0.2) is 16.0 Å². The lowest BCUT2D eigenvalue weighted by Gasteiger charge is -2.01. The third-order valence-corrected chi connectivity index (χ3v) is 1.90. The Morgan fingerprint density at radius 2 is 2.15 bits per heavy atom. The summed E-state index contributed by atoms with van der Waals surface area (Å²) in [5.41, 5.74) is 1.50. The number of aliphatic hydroxyl groups excluding tert-OH is 1. The normalized spacial score (nSPS) is 10.9. The number of thiol groups is 1. The van der Waals surface area contributed by atoms with Crippen molar-refractivity contribution in [1.29, 1.82) is 0 Å². The van der Waals surface area contributed by atoms with E-state index in [1.54, 1.807) is 18.2 Å². The Morgan fingerprint density at radius 3 is 2.77 bits per heavy atom. The van der Waals surface area contributed by atoms with Crippen LogP contribution in [0.15, 0.2) is 24.3 Å². The Balaban J connectivity index is 2.92. The third-order valence-electron chi connectivity index (χ3n) is 1.69. The van der Waals surface area contributed by atoms with Crippen LogP contribution in [0.1, 0.15) is 11.1 Å². The zero-order valence-corrected chi connectivity index (χ0v) is 8.04. The van der Waals surface area contributed by atoms with E-state index in [-0.39, 0.29) is 12.4 Å². The molecule has 2 nitrogen and oxygen atoms in total. The van der Waals surface area contributed by atoms with E-state index in [2.05, 4.69) is 12.6 Å². The summed E-state index contributed by atoms with van der Waals surface area (Å²) >= 11 is 4.03. The fourth-order valence-corrected chi connectivity index (χ4v) is 1.13. The lowest BCUT2D eigenvalue weighted by molar-refractivity contribution is 0.275. The minimum Gasteiger partial charge on any atom is -0.508 e. The van der Waals surface area contributed by atoms with Crippen molar-refractivity contribution in [1.82, 2.24) is 0 Å². The topological polar surface area (TPSA) is 40.5 Å². The summed E-state index contributed by atoms with van der Waals surface area (Å²) < 4.78 is 0. The van der Waals surface area contributed by atoms with Gasteiger partial charge in [-0.2, -0.15) is 12.6 Å². The maximum atomic E-state index is 9.26. The van der Waals surface area contributed by atoms with Crippen molar-refractivity contribution in [2.45, 2.75) is 6.61 Å². The predicted molar refractivity (Wildman–Crippen MR) is 56.9 cm³/mol. The summed E-state index contributed by atoms with van der Waals surface area (Å²) in [6.45, 7) is -0.144. The molecule has 0 aromatic heterocycles. The molecule has 0 aliphatic carbocycles. The van der Waals surface area contributed by atoms with Crippen LogP contribution in [0.3, 0.4) is 0 Å². The Labute approximate surface area is 82.9 Å². The fraction of sp³-hybridized carbons (Fsp3) is 0.200. The largest absolute Gasteiger partial charge is 0.508 e. The molecule has 0 aliphatic rings. The van der Waals surface area contributed by atoms with Gasteiger partial charge in [0.1, 0.15) is 5.75 Å². The predicted octanol–water partition coefficient (Wildman–Crippen LogP) is 1.83. The SMILES string of the molecule is OCc1cc(C=CCS)ccc1O. The highest BCUT2D eigenvalue weighted by molar-refractivity contribution is 7.80. The number of aliphatic hydroxyl groups is 1. The average Bonchev–Trinajstić information content (AvgIpc) is 2.16. The summed E-state index contributed by atoms with van der Waals surface area (Å²) in [5, 5.41) is 18.1. The number of rotatable bonds is 3. The molecule has 0 saturated carbocycles. The van der Waals surface area contributed by atoms with E-state index in [0.29, 0.717) is 11.3 Å². The van der Waals surface area contributed by atoms with Gasteiger partial charge in [0, 0.05) is 11.3 Å². The Morgan fingerprint density at radius 1 is 1.38 bits per heavy atom. The molecule has 0 atom stereocenters. The van der Waals surface area contributed by atoms with Crippen LogP contribution < -0.4 is 0 Å². The molecule has 0 radical (unpaired) electrons. The Kier molecular flexibility index (Phi) is 3.86. The highest BCUT2D eigenvalue weighted by atomic mass is 32.1. The minimum absolute atomic E-state index is 0.130.